The van der Waals surface area contributed by atoms with Crippen LogP contribution in [0.1, 0.15) is 39.5 Å². The standard InChI is InChI=1S/C17H31N3O5S/c1-12(2)15(17(22)23)19(4)16(21)13-10-20(11-13)26(24,25)14-8-6-5-7-9-18(14)3/h12-15H,5-11H2,1-4H3,(H,22,23)/t14-,15?/m1/s1. The van der Waals surface area contributed by atoms with Gasteiger partial charge < -0.3 is 10.0 Å². The van der Waals surface area contributed by atoms with E-state index in [0.717, 1.165) is 25.8 Å². The van der Waals surface area contributed by atoms with E-state index in [9.17, 15) is 23.1 Å². The molecule has 0 aromatic heterocycles. The maximum atomic E-state index is 12.9. The first-order valence-electron chi connectivity index (χ1n) is 9.26. The summed E-state index contributed by atoms with van der Waals surface area (Å²) < 4.78 is 27.1. The lowest BCUT2D eigenvalue weighted by molar-refractivity contribution is -0.154. The summed E-state index contributed by atoms with van der Waals surface area (Å²) in [5, 5.41) is 8.81. The SMILES string of the molecule is CC(C)C(C(=O)O)N(C)C(=O)C1CN(S(=O)(=O)[C@@H]2CCCCCN2C)C1. The number of hydrogen-bond acceptors (Lipinski definition) is 5. The number of amides is 1. The van der Waals surface area contributed by atoms with Crippen LogP contribution >= 0.6 is 0 Å². The van der Waals surface area contributed by atoms with E-state index in [1.807, 2.05) is 11.9 Å². The first-order chi connectivity index (χ1) is 12.1. The third kappa shape index (κ3) is 4.20. The predicted octanol–water partition coefficient (Wildman–Crippen LogP) is 0.648. The highest BCUT2D eigenvalue weighted by atomic mass is 32.2. The van der Waals surface area contributed by atoms with Crippen LogP contribution in [0, 0.1) is 11.8 Å². The minimum absolute atomic E-state index is 0.139. The molecule has 9 heteroatoms. The van der Waals surface area contributed by atoms with Gasteiger partial charge in [-0.05, 0) is 32.4 Å². The van der Waals surface area contributed by atoms with E-state index in [4.69, 9.17) is 0 Å². The van der Waals surface area contributed by atoms with E-state index in [-0.39, 0.29) is 24.9 Å². The summed E-state index contributed by atoms with van der Waals surface area (Å²) >= 11 is 0. The van der Waals surface area contributed by atoms with Crippen LogP contribution in [-0.4, -0.2) is 84.7 Å². The Bertz CT molecular complexity index is 630. The molecule has 0 aromatic carbocycles. The van der Waals surface area contributed by atoms with E-state index in [1.165, 1.54) is 16.3 Å². The monoisotopic (exact) mass is 389 g/mol. The van der Waals surface area contributed by atoms with Gasteiger partial charge in [0, 0.05) is 20.1 Å². The molecule has 26 heavy (non-hydrogen) atoms. The Balaban J connectivity index is 2.00. The molecule has 0 spiro atoms. The molecule has 2 atom stereocenters. The molecule has 2 rings (SSSR count). The van der Waals surface area contributed by atoms with Crippen molar-refractivity contribution in [2.75, 3.05) is 33.7 Å². The molecule has 0 aromatic rings. The van der Waals surface area contributed by atoms with E-state index >= 15 is 0 Å². The fourth-order valence-electron chi connectivity index (χ4n) is 3.89. The predicted molar refractivity (Wildman–Crippen MR) is 97.9 cm³/mol. The third-order valence-corrected chi connectivity index (χ3v) is 7.81. The van der Waals surface area contributed by atoms with Crippen molar-refractivity contribution in [1.29, 1.82) is 0 Å². The van der Waals surface area contributed by atoms with E-state index < -0.39 is 33.3 Å². The van der Waals surface area contributed by atoms with Crippen LogP contribution < -0.4 is 0 Å². The van der Waals surface area contributed by atoms with Crippen LogP contribution in [0.25, 0.3) is 0 Å². The van der Waals surface area contributed by atoms with Crippen LogP contribution in [0.15, 0.2) is 0 Å². The zero-order valence-corrected chi connectivity index (χ0v) is 16.9. The van der Waals surface area contributed by atoms with Gasteiger partial charge >= 0.3 is 5.97 Å². The highest BCUT2D eigenvalue weighted by Gasteiger charge is 2.46. The molecule has 2 aliphatic rings. The number of carbonyl (C=O) groups is 2. The first-order valence-corrected chi connectivity index (χ1v) is 10.8. The van der Waals surface area contributed by atoms with Crippen LogP contribution in [-0.2, 0) is 19.6 Å². The molecule has 2 heterocycles. The Kier molecular flexibility index (Phi) is 6.68. The molecule has 8 nitrogen and oxygen atoms in total. The summed E-state index contributed by atoms with van der Waals surface area (Å²) in [5.41, 5.74) is 0. The van der Waals surface area contributed by atoms with Gasteiger partial charge in [-0.2, -0.15) is 4.31 Å². The summed E-state index contributed by atoms with van der Waals surface area (Å²) in [6.07, 6.45) is 3.54. The Morgan fingerprint density at radius 1 is 1.15 bits per heavy atom. The second-order valence-corrected chi connectivity index (χ2v) is 9.91. The Labute approximate surface area is 156 Å². The van der Waals surface area contributed by atoms with Crippen molar-refractivity contribution in [3.63, 3.8) is 0 Å². The molecule has 150 valence electrons. The number of nitrogens with zero attached hydrogens (tertiary/aromatic N) is 3. The molecule has 0 saturated carbocycles. The number of carboxylic acids is 1. The lowest BCUT2D eigenvalue weighted by Gasteiger charge is -2.42. The first kappa shape index (κ1) is 21.1. The summed E-state index contributed by atoms with van der Waals surface area (Å²) in [6, 6.07) is -0.902. The maximum absolute atomic E-state index is 12.9. The quantitative estimate of drug-likeness (QED) is 0.716. The van der Waals surface area contributed by atoms with E-state index in [1.54, 1.807) is 13.8 Å². The lowest BCUT2D eigenvalue weighted by Crippen LogP contribution is -2.61. The normalized spacial score (nSPS) is 24.7. The van der Waals surface area contributed by atoms with Gasteiger partial charge in [0.05, 0.1) is 5.92 Å². The highest BCUT2D eigenvalue weighted by Crippen LogP contribution is 2.29. The van der Waals surface area contributed by atoms with Gasteiger partial charge in [-0.15, -0.1) is 0 Å². The minimum Gasteiger partial charge on any atom is -0.480 e. The van der Waals surface area contributed by atoms with Crippen molar-refractivity contribution in [2.45, 2.75) is 50.9 Å². The minimum atomic E-state index is -3.47. The smallest absolute Gasteiger partial charge is 0.326 e. The second-order valence-electron chi connectivity index (χ2n) is 7.82. The number of sulfonamides is 1. The lowest BCUT2D eigenvalue weighted by atomic mass is 9.97. The van der Waals surface area contributed by atoms with Crippen molar-refractivity contribution < 1.29 is 23.1 Å². The van der Waals surface area contributed by atoms with Gasteiger partial charge in [-0.25, -0.2) is 13.2 Å². The summed E-state index contributed by atoms with van der Waals surface area (Å²) in [7, 11) is -0.150. The van der Waals surface area contributed by atoms with Crippen LogP contribution in [0.3, 0.4) is 0 Å². The molecular weight excluding hydrogens is 358 g/mol. The van der Waals surface area contributed by atoms with Gasteiger partial charge in [0.15, 0.2) is 0 Å². The van der Waals surface area contributed by atoms with Gasteiger partial charge in [0.2, 0.25) is 15.9 Å². The summed E-state index contributed by atoms with van der Waals surface area (Å²) in [4.78, 5) is 27.1. The van der Waals surface area contributed by atoms with Crippen molar-refractivity contribution in [3.05, 3.63) is 0 Å². The van der Waals surface area contributed by atoms with E-state index in [0.29, 0.717) is 6.42 Å². The van der Waals surface area contributed by atoms with Crippen LogP contribution in [0.2, 0.25) is 0 Å². The number of aliphatic carboxylic acids is 1. The number of likely N-dealkylation sites (N-methyl/N-ethyl adjacent to an activating group) is 1. The molecule has 2 saturated heterocycles. The zero-order valence-electron chi connectivity index (χ0n) is 16.1. The fraction of sp³-hybridized carbons (Fsp3) is 0.882. The van der Waals surface area contributed by atoms with Crippen molar-refractivity contribution in [2.24, 2.45) is 11.8 Å². The largest absolute Gasteiger partial charge is 0.480 e. The van der Waals surface area contributed by atoms with E-state index in [2.05, 4.69) is 0 Å². The van der Waals surface area contributed by atoms with Gasteiger partial charge in [-0.3, -0.25) is 9.69 Å². The molecule has 0 aliphatic carbocycles. The molecule has 0 radical (unpaired) electrons. The van der Waals surface area contributed by atoms with Gasteiger partial charge in [0.1, 0.15) is 11.4 Å². The topological polar surface area (TPSA) is 98.2 Å². The third-order valence-electron chi connectivity index (χ3n) is 5.50. The molecule has 1 N–H and O–H groups in total. The molecule has 2 fully saturated rings. The molecule has 2 aliphatic heterocycles. The van der Waals surface area contributed by atoms with Crippen LogP contribution in [0.5, 0.6) is 0 Å². The van der Waals surface area contributed by atoms with Crippen molar-refractivity contribution in [1.82, 2.24) is 14.1 Å². The average Bonchev–Trinajstić information content (AvgIpc) is 2.69. The number of rotatable bonds is 6. The number of carboxylic acid groups (broad SMARTS) is 1. The van der Waals surface area contributed by atoms with Gasteiger partial charge in [0.25, 0.3) is 0 Å². The number of carbonyl (C=O) groups excluding carboxylic acids is 1. The van der Waals surface area contributed by atoms with Gasteiger partial charge in [-0.1, -0.05) is 26.7 Å². The van der Waals surface area contributed by atoms with Crippen molar-refractivity contribution >= 4 is 21.9 Å². The fourth-order valence-corrected chi connectivity index (χ4v) is 6.04. The molecular formula is C17H31N3O5S. The Hall–Kier alpha value is -1.19. The van der Waals surface area contributed by atoms with Crippen molar-refractivity contribution in [3.8, 4) is 0 Å². The number of hydrogen-bond donors (Lipinski definition) is 1. The highest BCUT2D eigenvalue weighted by molar-refractivity contribution is 7.89. The second kappa shape index (κ2) is 8.22. The zero-order chi connectivity index (χ0) is 19.6. The molecule has 1 amide bonds. The van der Waals surface area contributed by atoms with Crippen LogP contribution in [0.4, 0.5) is 0 Å². The summed E-state index contributed by atoms with van der Waals surface area (Å²) in [5.74, 6) is -2.03. The Morgan fingerprint density at radius 3 is 2.31 bits per heavy atom. The Morgan fingerprint density at radius 2 is 1.77 bits per heavy atom. The molecule has 1 unspecified atom stereocenters. The average molecular weight is 390 g/mol. The molecule has 0 bridgehead atoms. The summed E-state index contributed by atoms with van der Waals surface area (Å²) in [6.45, 7) is 4.54. The maximum Gasteiger partial charge on any atom is 0.326 e. The number of likely N-dealkylation sites (tertiary alicyclic amines) is 1.